The van der Waals surface area contributed by atoms with Crippen LogP contribution in [0.2, 0.25) is 0 Å². The van der Waals surface area contributed by atoms with Crippen LogP contribution in [-0.2, 0) is 16.6 Å². The molecule has 2 rings (SSSR count). The SMILES string of the molecule is CC1CCC(CNS(=O)(=O)c2ccc(F)c(CN)c2F)C1. The molecule has 0 radical (unpaired) electrons. The van der Waals surface area contributed by atoms with E-state index in [-0.39, 0.29) is 19.0 Å². The average Bonchev–Trinajstić information content (AvgIpc) is 2.83. The standard InChI is InChI=1S/C14H20F2N2O2S/c1-9-2-3-10(6-9)8-18-21(19,20)13-5-4-12(15)11(7-17)14(13)16/h4-5,9-10,18H,2-3,6-8,17H2,1H3. The highest BCUT2D eigenvalue weighted by atomic mass is 32.2. The lowest BCUT2D eigenvalue weighted by molar-refractivity contribution is 0.492. The van der Waals surface area contributed by atoms with Crippen molar-refractivity contribution in [3.63, 3.8) is 0 Å². The molecule has 1 aromatic rings. The topological polar surface area (TPSA) is 72.2 Å². The van der Waals surface area contributed by atoms with Crippen molar-refractivity contribution in [2.24, 2.45) is 17.6 Å². The van der Waals surface area contributed by atoms with E-state index < -0.39 is 32.1 Å². The summed E-state index contributed by atoms with van der Waals surface area (Å²) in [6.45, 7) is 2.02. The van der Waals surface area contributed by atoms with Crippen molar-refractivity contribution in [1.82, 2.24) is 4.72 Å². The van der Waals surface area contributed by atoms with E-state index >= 15 is 0 Å². The largest absolute Gasteiger partial charge is 0.326 e. The molecular formula is C14H20F2N2O2S. The summed E-state index contributed by atoms with van der Waals surface area (Å²) in [5, 5.41) is 0. The zero-order valence-corrected chi connectivity index (χ0v) is 12.7. The molecule has 4 nitrogen and oxygen atoms in total. The summed E-state index contributed by atoms with van der Waals surface area (Å²) in [5.74, 6) is -1.08. The van der Waals surface area contributed by atoms with Crippen LogP contribution in [-0.4, -0.2) is 15.0 Å². The fourth-order valence-corrected chi connectivity index (χ4v) is 4.00. The van der Waals surface area contributed by atoms with Crippen molar-refractivity contribution in [3.05, 3.63) is 29.3 Å². The van der Waals surface area contributed by atoms with Crippen LogP contribution in [0.4, 0.5) is 8.78 Å². The predicted molar refractivity (Wildman–Crippen MR) is 75.9 cm³/mol. The minimum absolute atomic E-state index is 0.271. The Morgan fingerprint density at radius 3 is 2.62 bits per heavy atom. The number of rotatable bonds is 5. The monoisotopic (exact) mass is 318 g/mol. The van der Waals surface area contributed by atoms with Gasteiger partial charge in [-0.2, -0.15) is 0 Å². The quantitative estimate of drug-likeness (QED) is 0.873. The van der Waals surface area contributed by atoms with Crippen LogP contribution in [0.15, 0.2) is 17.0 Å². The molecular weight excluding hydrogens is 298 g/mol. The molecule has 2 atom stereocenters. The van der Waals surface area contributed by atoms with Gasteiger partial charge in [-0.3, -0.25) is 0 Å². The summed E-state index contributed by atoms with van der Waals surface area (Å²) in [4.78, 5) is -0.546. The molecule has 0 bridgehead atoms. The van der Waals surface area contributed by atoms with Crippen LogP contribution in [0.25, 0.3) is 0 Å². The zero-order valence-electron chi connectivity index (χ0n) is 11.9. The Morgan fingerprint density at radius 2 is 2.05 bits per heavy atom. The van der Waals surface area contributed by atoms with Gasteiger partial charge in [-0.25, -0.2) is 21.9 Å². The highest BCUT2D eigenvalue weighted by molar-refractivity contribution is 7.89. The van der Waals surface area contributed by atoms with E-state index in [1.165, 1.54) is 0 Å². The first kappa shape index (κ1) is 16.3. The lowest BCUT2D eigenvalue weighted by atomic mass is 10.1. The summed E-state index contributed by atoms with van der Waals surface area (Å²) in [7, 11) is -3.99. The van der Waals surface area contributed by atoms with Crippen LogP contribution in [0, 0.1) is 23.5 Å². The Labute approximate surface area is 123 Å². The number of halogens is 2. The Balaban J connectivity index is 2.16. The highest BCUT2D eigenvalue weighted by Crippen LogP contribution is 2.30. The molecule has 3 N–H and O–H groups in total. The summed E-state index contributed by atoms with van der Waals surface area (Å²) >= 11 is 0. The van der Waals surface area contributed by atoms with Crippen LogP contribution in [0.5, 0.6) is 0 Å². The third-order valence-corrected chi connectivity index (χ3v) is 5.45. The van der Waals surface area contributed by atoms with Gasteiger partial charge in [-0.15, -0.1) is 0 Å². The van der Waals surface area contributed by atoms with Crippen molar-refractivity contribution in [2.75, 3.05) is 6.54 Å². The van der Waals surface area contributed by atoms with Crippen LogP contribution in [0.3, 0.4) is 0 Å². The Morgan fingerprint density at radius 1 is 1.33 bits per heavy atom. The molecule has 1 aliphatic rings. The lowest BCUT2D eigenvalue weighted by Gasteiger charge is -2.13. The lowest BCUT2D eigenvalue weighted by Crippen LogP contribution is -2.29. The molecule has 7 heteroatoms. The summed E-state index contributed by atoms with van der Waals surface area (Å²) < 4.78 is 54.1. The van der Waals surface area contributed by atoms with Gasteiger partial charge in [0.15, 0.2) is 5.82 Å². The van der Waals surface area contributed by atoms with Crippen LogP contribution < -0.4 is 10.5 Å². The number of nitrogens with one attached hydrogen (secondary N) is 1. The number of benzene rings is 1. The van der Waals surface area contributed by atoms with Gasteiger partial charge in [-0.1, -0.05) is 13.3 Å². The van der Waals surface area contributed by atoms with Crippen molar-refractivity contribution in [3.8, 4) is 0 Å². The van der Waals surface area contributed by atoms with E-state index in [4.69, 9.17) is 5.73 Å². The number of nitrogens with two attached hydrogens (primary N) is 1. The molecule has 0 saturated heterocycles. The molecule has 0 amide bonds. The van der Waals surface area contributed by atoms with E-state index in [0.717, 1.165) is 31.4 Å². The molecule has 0 heterocycles. The van der Waals surface area contributed by atoms with Crippen molar-refractivity contribution >= 4 is 10.0 Å². The van der Waals surface area contributed by atoms with Gasteiger partial charge in [-0.05, 0) is 36.8 Å². The molecule has 1 saturated carbocycles. The first-order valence-corrected chi connectivity index (χ1v) is 8.50. The minimum atomic E-state index is -3.99. The van der Waals surface area contributed by atoms with Gasteiger partial charge in [0, 0.05) is 18.7 Å². The predicted octanol–water partition coefficient (Wildman–Crippen LogP) is 2.14. The van der Waals surface area contributed by atoms with E-state index in [9.17, 15) is 17.2 Å². The molecule has 0 spiro atoms. The van der Waals surface area contributed by atoms with Gasteiger partial charge >= 0.3 is 0 Å². The van der Waals surface area contributed by atoms with Crippen LogP contribution >= 0.6 is 0 Å². The molecule has 118 valence electrons. The highest BCUT2D eigenvalue weighted by Gasteiger charge is 2.26. The fraction of sp³-hybridized carbons (Fsp3) is 0.571. The Bertz CT molecular complexity index is 620. The van der Waals surface area contributed by atoms with E-state index in [1.54, 1.807) is 0 Å². The Kier molecular flexibility index (Phi) is 4.95. The molecule has 2 unspecified atom stereocenters. The van der Waals surface area contributed by atoms with Gasteiger partial charge in [0.25, 0.3) is 0 Å². The molecule has 1 aromatic carbocycles. The van der Waals surface area contributed by atoms with E-state index in [0.29, 0.717) is 5.92 Å². The maximum atomic E-state index is 14.1. The van der Waals surface area contributed by atoms with E-state index in [2.05, 4.69) is 11.6 Å². The minimum Gasteiger partial charge on any atom is -0.326 e. The molecule has 21 heavy (non-hydrogen) atoms. The molecule has 1 aliphatic carbocycles. The normalized spacial score (nSPS) is 22.7. The van der Waals surface area contributed by atoms with Crippen molar-refractivity contribution < 1.29 is 17.2 Å². The first-order chi connectivity index (χ1) is 9.85. The molecule has 0 aromatic heterocycles. The number of hydrogen-bond donors (Lipinski definition) is 2. The third-order valence-electron chi connectivity index (χ3n) is 4.01. The van der Waals surface area contributed by atoms with Gasteiger partial charge in [0.05, 0.1) is 0 Å². The maximum absolute atomic E-state index is 14.1. The molecule has 0 aliphatic heterocycles. The van der Waals surface area contributed by atoms with Crippen molar-refractivity contribution in [2.45, 2.75) is 37.6 Å². The second-order valence-electron chi connectivity index (χ2n) is 5.68. The first-order valence-electron chi connectivity index (χ1n) is 7.01. The maximum Gasteiger partial charge on any atom is 0.243 e. The average molecular weight is 318 g/mol. The Hall–Kier alpha value is -1.05. The number of sulfonamides is 1. The summed E-state index contributed by atoms with van der Waals surface area (Å²) in [6.07, 6.45) is 3.00. The number of hydrogen-bond acceptors (Lipinski definition) is 3. The fourth-order valence-electron chi connectivity index (χ4n) is 2.79. The van der Waals surface area contributed by atoms with E-state index in [1.807, 2.05) is 0 Å². The third kappa shape index (κ3) is 3.59. The second kappa shape index (κ2) is 6.37. The van der Waals surface area contributed by atoms with Gasteiger partial charge < -0.3 is 5.73 Å². The molecule has 1 fully saturated rings. The zero-order chi connectivity index (χ0) is 15.6. The van der Waals surface area contributed by atoms with Crippen molar-refractivity contribution in [1.29, 1.82) is 0 Å². The second-order valence-corrected chi connectivity index (χ2v) is 7.41. The summed E-state index contributed by atoms with van der Waals surface area (Å²) in [5.41, 5.74) is 4.85. The summed E-state index contributed by atoms with van der Waals surface area (Å²) in [6, 6.07) is 1.86. The van der Waals surface area contributed by atoms with Gasteiger partial charge in [0.1, 0.15) is 10.7 Å². The van der Waals surface area contributed by atoms with Crippen LogP contribution in [0.1, 0.15) is 31.7 Å². The smallest absolute Gasteiger partial charge is 0.243 e. The van der Waals surface area contributed by atoms with Gasteiger partial charge in [0.2, 0.25) is 10.0 Å².